The largest absolute Gasteiger partial charge is 0.353 e. The van der Waals surface area contributed by atoms with Crippen LogP contribution in [-0.4, -0.2) is 93.8 Å². The monoisotopic (exact) mass is 634 g/mol. The van der Waals surface area contributed by atoms with Crippen molar-refractivity contribution in [2.75, 3.05) is 62.6 Å². The molecule has 242 valence electrons. The number of para-hydroxylation sites is 2. The Morgan fingerprint density at radius 2 is 1.62 bits per heavy atom. The minimum Gasteiger partial charge on any atom is -0.353 e. The summed E-state index contributed by atoms with van der Waals surface area (Å²) in [5, 5.41) is 6.11. The van der Waals surface area contributed by atoms with E-state index >= 15 is 0 Å². The maximum Gasteiger partial charge on any atom is 0.259 e. The highest BCUT2D eigenvalue weighted by Gasteiger charge is 2.27. The second kappa shape index (κ2) is 12.5. The van der Waals surface area contributed by atoms with Gasteiger partial charge in [0.25, 0.3) is 11.8 Å². The quantitative estimate of drug-likeness (QED) is 0.282. The molecule has 0 unspecified atom stereocenters. The van der Waals surface area contributed by atoms with Crippen molar-refractivity contribution in [3.8, 4) is 0 Å². The van der Waals surface area contributed by atoms with Gasteiger partial charge in [-0.2, -0.15) is 0 Å². The molecule has 2 aliphatic rings. The number of nitrogens with one attached hydrogen (secondary N) is 2. The van der Waals surface area contributed by atoms with Crippen LogP contribution in [0.25, 0.3) is 27.7 Å². The molecule has 0 bridgehead atoms. The van der Waals surface area contributed by atoms with Crippen LogP contribution < -0.4 is 21.0 Å². The summed E-state index contributed by atoms with van der Waals surface area (Å²) >= 11 is 0. The number of aryl methyl sites for hydroxylation is 1. The van der Waals surface area contributed by atoms with Gasteiger partial charge >= 0.3 is 0 Å². The number of aromatic nitrogens is 3. The Balaban J connectivity index is 1.19. The molecule has 3 amide bonds. The van der Waals surface area contributed by atoms with Crippen LogP contribution in [0.1, 0.15) is 40.5 Å². The predicted octanol–water partition coefficient (Wildman–Crippen LogP) is 3.09. The zero-order chi connectivity index (χ0) is 32.7. The summed E-state index contributed by atoms with van der Waals surface area (Å²) in [4.78, 5) is 63.7. The first kappa shape index (κ1) is 30.4. The van der Waals surface area contributed by atoms with Crippen molar-refractivity contribution in [3.05, 3.63) is 82.0 Å². The Hall–Kier alpha value is -5.23. The van der Waals surface area contributed by atoms with Gasteiger partial charge in [-0.15, -0.1) is 0 Å². The van der Waals surface area contributed by atoms with E-state index < -0.39 is 0 Å². The molecule has 0 aliphatic carbocycles. The van der Waals surface area contributed by atoms with E-state index in [1.165, 1.54) is 19.8 Å². The predicted molar refractivity (Wildman–Crippen MR) is 182 cm³/mol. The lowest BCUT2D eigenvalue weighted by molar-refractivity contribution is -0.114. The van der Waals surface area contributed by atoms with Gasteiger partial charge in [0.05, 0.1) is 16.4 Å². The Kier molecular flexibility index (Phi) is 8.10. The molecular weight excluding hydrogens is 596 g/mol. The van der Waals surface area contributed by atoms with Crippen molar-refractivity contribution in [3.63, 3.8) is 0 Å². The summed E-state index contributed by atoms with van der Waals surface area (Å²) in [6.07, 6.45) is 2.35. The third kappa shape index (κ3) is 5.69. The SMILES string of the molecule is CC(=O)Nc1cccc(C(=O)N2CCN(c3ccc4c(=O)c(C(=O)NCCN5CCCC5)c5n(C)c6ccccc6n5c4n3)CC2)c1. The number of nitrogens with zero attached hydrogens (tertiary/aromatic N) is 6. The molecule has 12 heteroatoms. The fourth-order valence-electron chi connectivity index (χ4n) is 6.89. The summed E-state index contributed by atoms with van der Waals surface area (Å²) in [6.45, 7) is 6.83. The maximum atomic E-state index is 14.0. The molecule has 3 aromatic heterocycles. The van der Waals surface area contributed by atoms with Crippen LogP contribution in [0.15, 0.2) is 65.5 Å². The molecule has 2 aromatic carbocycles. The van der Waals surface area contributed by atoms with Crippen LogP contribution in [0, 0.1) is 0 Å². The highest BCUT2D eigenvalue weighted by molar-refractivity contribution is 6.06. The molecule has 2 N–H and O–H groups in total. The third-order valence-electron chi connectivity index (χ3n) is 9.24. The summed E-state index contributed by atoms with van der Waals surface area (Å²) in [7, 11) is 1.87. The first-order valence-corrected chi connectivity index (χ1v) is 16.2. The number of fused-ring (bicyclic) bond motifs is 5. The molecule has 0 saturated carbocycles. The molecule has 0 spiro atoms. The Morgan fingerprint density at radius 3 is 2.36 bits per heavy atom. The van der Waals surface area contributed by atoms with Crippen LogP contribution in [0.5, 0.6) is 0 Å². The van der Waals surface area contributed by atoms with E-state index in [1.54, 1.807) is 35.2 Å². The minimum atomic E-state index is -0.382. The van der Waals surface area contributed by atoms with Crippen LogP contribution in [0.2, 0.25) is 0 Å². The maximum absolute atomic E-state index is 14.0. The molecule has 5 aromatic rings. The van der Waals surface area contributed by atoms with Gasteiger partial charge in [-0.05, 0) is 68.4 Å². The van der Waals surface area contributed by atoms with E-state index in [9.17, 15) is 19.2 Å². The minimum absolute atomic E-state index is 0.0985. The van der Waals surface area contributed by atoms with Gasteiger partial charge in [0.1, 0.15) is 17.0 Å². The number of hydrogen-bond donors (Lipinski definition) is 2. The van der Waals surface area contributed by atoms with E-state index in [-0.39, 0.29) is 28.7 Å². The second-order valence-electron chi connectivity index (χ2n) is 12.3. The number of likely N-dealkylation sites (tertiary alicyclic amines) is 1. The zero-order valence-corrected chi connectivity index (χ0v) is 26.7. The van der Waals surface area contributed by atoms with E-state index in [2.05, 4.69) is 20.4 Å². The standard InChI is InChI=1S/C35H38N8O4/c1-23(44)37-25-9-7-8-24(22-25)35(47)42-20-18-41(19-21-42)29-13-12-26-31(45)30(33(46)36-14-17-40-15-5-6-16-40)34-39(2)27-10-3-4-11-28(27)43(34)32(26)38-29/h3-4,7-13,22H,5-6,14-21H2,1-2H3,(H,36,46)(H,37,44). The normalized spacial score (nSPS) is 15.5. The number of pyridine rings is 2. The van der Waals surface area contributed by atoms with Gasteiger partial charge in [-0.1, -0.05) is 18.2 Å². The Labute approximate surface area is 271 Å². The molecule has 47 heavy (non-hydrogen) atoms. The molecular formula is C35H38N8O4. The molecule has 2 aliphatic heterocycles. The summed E-state index contributed by atoms with van der Waals surface area (Å²) < 4.78 is 3.82. The van der Waals surface area contributed by atoms with E-state index in [0.29, 0.717) is 66.5 Å². The van der Waals surface area contributed by atoms with Gasteiger partial charge in [-0.3, -0.25) is 23.6 Å². The lowest BCUT2D eigenvalue weighted by Crippen LogP contribution is -2.49. The van der Waals surface area contributed by atoms with Crippen LogP contribution in [-0.2, 0) is 11.8 Å². The molecule has 0 radical (unpaired) electrons. The van der Waals surface area contributed by atoms with Crippen molar-refractivity contribution in [1.29, 1.82) is 0 Å². The van der Waals surface area contributed by atoms with Crippen molar-refractivity contribution >= 4 is 56.9 Å². The molecule has 2 saturated heterocycles. The number of carbonyl (C=O) groups excluding carboxylic acids is 3. The van der Waals surface area contributed by atoms with Crippen LogP contribution in [0.4, 0.5) is 11.5 Å². The third-order valence-corrected chi connectivity index (χ3v) is 9.24. The van der Waals surface area contributed by atoms with E-state index in [1.807, 2.05) is 46.3 Å². The molecule has 2 fully saturated rings. The van der Waals surface area contributed by atoms with Crippen molar-refractivity contribution in [2.24, 2.45) is 7.05 Å². The average molecular weight is 635 g/mol. The summed E-state index contributed by atoms with van der Waals surface area (Å²) in [6, 6.07) is 18.4. The fraction of sp³-hybridized carbons (Fsp3) is 0.343. The van der Waals surface area contributed by atoms with Crippen molar-refractivity contribution < 1.29 is 14.4 Å². The van der Waals surface area contributed by atoms with Crippen molar-refractivity contribution in [1.82, 2.24) is 29.1 Å². The highest BCUT2D eigenvalue weighted by atomic mass is 16.2. The summed E-state index contributed by atoms with van der Waals surface area (Å²) in [5.74, 6) is 0.0216. The number of hydrogen-bond acceptors (Lipinski definition) is 7. The Bertz CT molecular complexity index is 2090. The van der Waals surface area contributed by atoms with Gasteiger partial charge in [0.2, 0.25) is 11.3 Å². The second-order valence-corrected chi connectivity index (χ2v) is 12.3. The van der Waals surface area contributed by atoms with Crippen molar-refractivity contribution in [2.45, 2.75) is 19.8 Å². The number of amides is 3. The summed E-state index contributed by atoms with van der Waals surface area (Å²) in [5.41, 5.74) is 3.59. The first-order valence-electron chi connectivity index (χ1n) is 16.2. The van der Waals surface area contributed by atoms with Gasteiger partial charge < -0.3 is 29.9 Å². The van der Waals surface area contributed by atoms with E-state index in [0.717, 1.165) is 30.7 Å². The lowest BCUT2D eigenvalue weighted by Gasteiger charge is -2.35. The average Bonchev–Trinajstić information content (AvgIpc) is 3.70. The Morgan fingerprint density at radius 1 is 0.872 bits per heavy atom. The topological polar surface area (TPSA) is 124 Å². The van der Waals surface area contributed by atoms with Crippen LogP contribution in [0.3, 0.4) is 0 Å². The highest BCUT2D eigenvalue weighted by Crippen LogP contribution is 2.27. The number of piperazine rings is 1. The molecule has 5 heterocycles. The number of carbonyl (C=O) groups is 3. The zero-order valence-electron chi connectivity index (χ0n) is 26.7. The molecule has 7 rings (SSSR count). The number of benzene rings is 2. The molecule has 12 nitrogen and oxygen atoms in total. The fourth-order valence-corrected chi connectivity index (χ4v) is 6.89. The van der Waals surface area contributed by atoms with Gasteiger partial charge in [0.15, 0.2) is 5.65 Å². The van der Waals surface area contributed by atoms with Gasteiger partial charge in [-0.25, -0.2) is 4.98 Å². The van der Waals surface area contributed by atoms with E-state index in [4.69, 9.17) is 4.98 Å². The van der Waals surface area contributed by atoms with Crippen LogP contribution >= 0.6 is 0 Å². The first-order chi connectivity index (χ1) is 22.8. The molecule has 0 atom stereocenters. The smallest absolute Gasteiger partial charge is 0.259 e. The lowest BCUT2D eigenvalue weighted by atomic mass is 10.1. The number of anilines is 2. The number of imidazole rings is 1. The number of rotatable bonds is 7. The van der Waals surface area contributed by atoms with Gasteiger partial charge in [0, 0.05) is 64.5 Å².